The lowest BCUT2D eigenvalue weighted by molar-refractivity contribution is -0.889. The largest absolute Gasteiger partial charge is 0.610 e. The molecule has 0 radical (unpaired) electrons. The van der Waals surface area contributed by atoms with Crippen molar-refractivity contribution in [1.82, 2.24) is 0 Å². The number of aromatic nitrogens is 3. The van der Waals surface area contributed by atoms with E-state index in [0.29, 0.717) is 0 Å². The molecule has 0 fully saturated rings. The van der Waals surface area contributed by atoms with Crippen molar-refractivity contribution in [2.75, 3.05) is 19.8 Å². The van der Waals surface area contributed by atoms with Gasteiger partial charge >= 0.3 is 17.5 Å². The molecule has 0 saturated heterocycles. The van der Waals surface area contributed by atoms with Crippen LogP contribution in [0.1, 0.15) is 17.5 Å². The molecule has 0 aromatic carbocycles. The molecule has 18 heavy (non-hydrogen) atoms. The van der Waals surface area contributed by atoms with Crippen LogP contribution in [0.15, 0.2) is 0 Å². The highest BCUT2D eigenvalue weighted by atomic mass is 16.5. The molecule has 0 aliphatic rings. The number of hydrogen-bond acceptors (Lipinski definition) is 6. The third kappa shape index (κ3) is 2.58. The van der Waals surface area contributed by atoms with Crippen molar-refractivity contribution in [3.63, 3.8) is 0 Å². The molecule has 1 heterocycles. The minimum Gasteiger partial charge on any atom is -0.610 e. The Morgan fingerprint density at radius 1 is 0.611 bits per heavy atom. The average molecular weight is 261 g/mol. The second kappa shape index (κ2) is 6.28. The topological polar surface area (TPSA) is 142 Å². The van der Waals surface area contributed by atoms with Gasteiger partial charge in [-0.2, -0.15) is 0 Å². The van der Waals surface area contributed by atoms with Gasteiger partial charge in [0.1, 0.15) is 19.3 Å². The molecule has 0 amide bonds. The smallest absolute Gasteiger partial charge is 0.453 e. The highest BCUT2D eigenvalue weighted by Crippen LogP contribution is 1.93. The van der Waals surface area contributed by atoms with Crippen LogP contribution in [0, 0.1) is 15.6 Å². The molecule has 9 nitrogen and oxygen atoms in total. The maximum Gasteiger partial charge on any atom is 0.453 e. The van der Waals surface area contributed by atoms with E-state index in [1.807, 2.05) is 0 Å². The van der Waals surface area contributed by atoms with Crippen LogP contribution in [0.2, 0.25) is 0 Å². The maximum atomic E-state index is 11.7. The van der Waals surface area contributed by atoms with Crippen molar-refractivity contribution in [3.05, 3.63) is 33.1 Å². The van der Waals surface area contributed by atoms with E-state index >= 15 is 0 Å². The molecule has 102 valence electrons. The lowest BCUT2D eigenvalue weighted by Crippen LogP contribution is -2.65. The second-order valence-electron chi connectivity index (χ2n) is 3.55. The number of rotatable bonds is 6. The molecule has 0 spiro atoms. The summed E-state index contributed by atoms with van der Waals surface area (Å²) in [6.45, 7) is -1.28. The molecule has 0 aliphatic carbocycles. The highest BCUT2D eigenvalue weighted by molar-refractivity contribution is 4.77. The first-order chi connectivity index (χ1) is 8.58. The van der Waals surface area contributed by atoms with Gasteiger partial charge in [-0.3, -0.25) is 0 Å². The van der Waals surface area contributed by atoms with E-state index in [-0.39, 0.29) is 50.9 Å². The van der Waals surface area contributed by atoms with Crippen molar-refractivity contribution in [3.8, 4) is 0 Å². The quantitative estimate of drug-likeness (QED) is 0.354. The van der Waals surface area contributed by atoms with Crippen LogP contribution in [-0.2, 0) is 19.3 Å². The van der Waals surface area contributed by atoms with E-state index in [1.54, 1.807) is 0 Å². The summed E-state index contributed by atoms with van der Waals surface area (Å²) >= 11 is 0. The van der Waals surface area contributed by atoms with Crippen LogP contribution in [-0.4, -0.2) is 35.1 Å². The average Bonchev–Trinajstić information content (AvgIpc) is 2.35. The lowest BCUT2D eigenvalue weighted by atomic mass is 10.3. The minimum atomic E-state index is -0.426. The van der Waals surface area contributed by atoms with E-state index < -0.39 is 19.8 Å². The van der Waals surface area contributed by atoms with E-state index in [0.717, 1.165) is 0 Å². The lowest BCUT2D eigenvalue weighted by Gasteiger charge is -2.10. The van der Waals surface area contributed by atoms with Gasteiger partial charge in [0.25, 0.3) is 0 Å². The first kappa shape index (κ1) is 14.4. The molecule has 9 heteroatoms. The Hall–Kier alpha value is -1.71. The summed E-state index contributed by atoms with van der Waals surface area (Å²) < 4.78 is 0.355. The standard InChI is InChI=1S/C9H15N3O6/c13-4-1-7-10(16)8(2-5-14)12(18)9(3-6-15)11(7)17/h13-15H,1-6H2. The SMILES string of the molecule is [O-][n+]1c(CCO)[n+]([O-])c(CCO)[n+]([O-])c1CCO. The molecule has 0 saturated carbocycles. The molecule has 0 atom stereocenters. The van der Waals surface area contributed by atoms with Gasteiger partial charge in [-0.15, -0.1) is 0 Å². The minimum absolute atomic E-state index is 0.118. The van der Waals surface area contributed by atoms with E-state index in [4.69, 9.17) is 15.3 Å². The summed E-state index contributed by atoms with van der Waals surface area (Å²) in [5.41, 5.74) is 0. The van der Waals surface area contributed by atoms with Crippen LogP contribution in [0.3, 0.4) is 0 Å². The second-order valence-corrected chi connectivity index (χ2v) is 3.55. The van der Waals surface area contributed by atoms with Gasteiger partial charge in [-0.25, -0.2) is 0 Å². The summed E-state index contributed by atoms with van der Waals surface area (Å²) in [6.07, 6.45) is -0.653. The van der Waals surface area contributed by atoms with Crippen LogP contribution in [0.25, 0.3) is 0 Å². The zero-order valence-electron chi connectivity index (χ0n) is 9.65. The van der Waals surface area contributed by atoms with Crippen molar-refractivity contribution >= 4 is 0 Å². The summed E-state index contributed by atoms with van der Waals surface area (Å²) in [4.78, 5) is 0. The summed E-state index contributed by atoms with van der Waals surface area (Å²) in [6, 6.07) is 0. The summed E-state index contributed by atoms with van der Waals surface area (Å²) in [5.74, 6) is -1.01. The van der Waals surface area contributed by atoms with Crippen molar-refractivity contribution < 1.29 is 29.5 Å². The fraction of sp³-hybridized carbons (Fsp3) is 0.667. The molecule has 0 aliphatic heterocycles. The Kier molecular flexibility index (Phi) is 5.01. The molecule has 1 aromatic rings. The predicted molar refractivity (Wildman–Crippen MR) is 55.7 cm³/mol. The Balaban J connectivity index is 3.42. The molecular formula is C9H15N3O6. The van der Waals surface area contributed by atoms with Crippen molar-refractivity contribution in [2.45, 2.75) is 19.3 Å². The van der Waals surface area contributed by atoms with E-state index in [9.17, 15) is 15.6 Å². The van der Waals surface area contributed by atoms with Crippen molar-refractivity contribution in [1.29, 1.82) is 0 Å². The fourth-order valence-electron chi connectivity index (χ4n) is 1.60. The number of aliphatic hydroxyl groups is 3. The predicted octanol–water partition coefficient (Wildman–Crippen LogP) is -3.81. The Morgan fingerprint density at radius 2 is 0.833 bits per heavy atom. The normalized spacial score (nSPS) is 10.8. The van der Waals surface area contributed by atoms with E-state index in [1.165, 1.54) is 0 Å². The molecule has 0 unspecified atom stereocenters. The maximum absolute atomic E-state index is 11.7. The monoisotopic (exact) mass is 261 g/mol. The molecule has 1 aromatic heterocycles. The number of hydrogen-bond donors (Lipinski definition) is 3. The first-order valence-electron chi connectivity index (χ1n) is 5.40. The Labute approximate surface area is 103 Å². The third-order valence-corrected chi connectivity index (χ3v) is 2.41. The van der Waals surface area contributed by atoms with Gasteiger partial charge in [-0.05, 0) is 0 Å². The molecular weight excluding hydrogens is 246 g/mol. The van der Waals surface area contributed by atoms with Gasteiger partial charge in [0.2, 0.25) is 0 Å². The van der Waals surface area contributed by atoms with Crippen LogP contribution >= 0.6 is 0 Å². The van der Waals surface area contributed by atoms with Gasteiger partial charge in [0.05, 0.1) is 19.8 Å². The highest BCUT2D eigenvalue weighted by Gasteiger charge is 2.35. The van der Waals surface area contributed by atoms with Gasteiger partial charge < -0.3 is 30.9 Å². The first-order valence-corrected chi connectivity index (χ1v) is 5.40. The Bertz CT molecular complexity index is 342. The molecule has 1 rings (SSSR count). The number of aliphatic hydroxyl groups excluding tert-OH is 3. The van der Waals surface area contributed by atoms with Crippen LogP contribution < -0.4 is 14.2 Å². The van der Waals surface area contributed by atoms with Crippen molar-refractivity contribution in [2.24, 2.45) is 0 Å². The fourth-order valence-corrected chi connectivity index (χ4v) is 1.60. The zero-order chi connectivity index (χ0) is 13.7. The van der Waals surface area contributed by atoms with Crippen LogP contribution in [0.5, 0.6) is 0 Å². The number of nitrogens with zero attached hydrogens (tertiary/aromatic N) is 3. The van der Waals surface area contributed by atoms with Crippen LogP contribution in [0.4, 0.5) is 0 Å². The van der Waals surface area contributed by atoms with Gasteiger partial charge in [-0.1, -0.05) is 14.2 Å². The summed E-state index contributed by atoms with van der Waals surface area (Å²) in [5, 5.41) is 61.6. The van der Waals surface area contributed by atoms with Gasteiger partial charge in [0.15, 0.2) is 0 Å². The zero-order valence-corrected chi connectivity index (χ0v) is 9.65. The molecule has 0 bridgehead atoms. The molecule has 3 N–H and O–H groups in total. The van der Waals surface area contributed by atoms with Gasteiger partial charge in [0, 0.05) is 0 Å². The third-order valence-electron chi connectivity index (χ3n) is 2.41. The summed E-state index contributed by atoms with van der Waals surface area (Å²) in [7, 11) is 0. The Morgan fingerprint density at radius 3 is 1.00 bits per heavy atom. The van der Waals surface area contributed by atoms with E-state index in [2.05, 4.69) is 0 Å².